The van der Waals surface area contributed by atoms with Gasteiger partial charge in [0.25, 0.3) is 0 Å². The van der Waals surface area contributed by atoms with Gasteiger partial charge in [-0.3, -0.25) is 4.79 Å². The van der Waals surface area contributed by atoms with Crippen molar-refractivity contribution in [3.63, 3.8) is 0 Å². The van der Waals surface area contributed by atoms with Crippen molar-refractivity contribution in [3.8, 4) is 5.75 Å². The molecule has 0 aliphatic heterocycles. The van der Waals surface area contributed by atoms with Gasteiger partial charge in [0.2, 0.25) is 5.91 Å². The lowest BCUT2D eigenvalue weighted by Gasteiger charge is -2.25. The Kier molecular flexibility index (Phi) is 5.66. The number of benzene rings is 1. The lowest BCUT2D eigenvalue weighted by atomic mass is 10.1. The van der Waals surface area contributed by atoms with Crippen LogP contribution in [0, 0.1) is 5.92 Å². The summed E-state index contributed by atoms with van der Waals surface area (Å²) in [6, 6.07) is 10.4. The Morgan fingerprint density at radius 2 is 1.85 bits per heavy atom. The standard InChI is InChI=1S/C19H23NO5S/c1-26(22,23)25-17-10-8-15(9-11-17)13-20(14-18-7-4-12-24-18)19(21)16-5-2-3-6-16/h4,7-12,16H,2-3,5-6,13-14H2,1H3. The summed E-state index contributed by atoms with van der Waals surface area (Å²) < 4.78 is 32.6. The molecule has 3 rings (SSSR count). The maximum atomic E-state index is 12.9. The molecule has 0 atom stereocenters. The molecule has 6 nitrogen and oxygen atoms in total. The SMILES string of the molecule is CS(=O)(=O)Oc1ccc(CN(Cc2ccco2)C(=O)C2CCCC2)cc1. The highest BCUT2D eigenvalue weighted by atomic mass is 32.2. The molecule has 1 amide bonds. The largest absolute Gasteiger partial charge is 0.467 e. The summed E-state index contributed by atoms with van der Waals surface area (Å²) in [5, 5.41) is 0. The van der Waals surface area contributed by atoms with Gasteiger partial charge in [-0.1, -0.05) is 25.0 Å². The number of amides is 1. The zero-order chi connectivity index (χ0) is 18.6. The summed E-state index contributed by atoms with van der Waals surface area (Å²) in [6.45, 7) is 0.860. The number of hydrogen-bond donors (Lipinski definition) is 0. The Labute approximate surface area is 153 Å². The van der Waals surface area contributed by atoms with Gasteiger partial charge in [0.1, 0.15) is 11.5 Å². The normalized spacial score (nSPS) is 15.1. The number of carbonyl (C=O) groups is 1. The topological polar surface area (TPSA) is 76.8 Å². The van der Waals surface area contributed by atoms with Gasteiger partial charge in [0.05, 0.1) is 19.1 Å². The minimum atomic E-state index is -3.55. The molecule has 0 unspecified atom stereocenters. The maximum Gasteiger partial charge on any atom is 0.306 e. The van der Waals surface area contributed by atoms with Crippen LogP contribution in [0.15, 0.2) is 47.1 Å². The van der Waals surface area contributed by atoms with Gasteiger partial charge in [-0.05, 0) is 42.7 Å². The van der Waals surface area contributed by atoms with Crippen molar-refractivity contribution < 1.29 is 21.8 Å². The quantitative estimate of drug-likeness (QED) is 0.692. The van der Waals surface area contributed by atoms with Gasteiger partial charge in [-0.25, -0.2) is 0 Å². The van der Waals surface area contributed by atoms with Gasteiger partial charge in [0, 0.05) is 12.5 Å². The monoisotopic (exact) mass is 377 g/mol. The number of furan rings is 1. The summed E-state index contributed by atoms with van der Waals surface area (Å²) in [6.07, 6.45) is 6.69. The van der Waals surface area contributed by atoms with E-state index in [-0.39, 0.29) is 17.6 Å². The molecule has 1 fully saturated rings. The summed E-state index contributed by atoms with van der Waals surface area (Å²) in [4.78, 5) is 14.7. The predicted octanol–water partition coefficient (Wildman–Crippen LogP) is 3.34. The minimum absolute atomic E-state index is 0.0813. The molecule has 7 heteroatoms. The highest BCUT2D eigenvalue weighted by Gasteiger charge is 2.27. The van der Waals surface area contributed by atoms with E-state index in [0.717, 1.165) is 43.3 Å². The molecular weight excluding hydrogens is 354 g/mol. The van der Waals surface area contributed by atoms with E-state index in [4.69, 9.17) is 8.60 Å². The number of rotatable bonds is 7. The Balaban J connectivity index is 1.73. The van der Waals surface area contributed by atoms with E-state index in [1.807, 2.05) is 12.1 Å². The second-order valence-electron chi connectivity index (χ2n) is 6.69. The molecule has 26 heavy (non-hydrogen) atoms. The summed E-state index contributed by atoms with van der Waals surface area (Å²) in [5.74, 6) is 1.23. The first-order valence-corrected chi connectivity index (χ1v) is 10.5. The fourth-order valence-corrected chi connectivity index (χ4v) is 3.74. The van der Waals surface area contributed by atoms with Crippen molar-refractivity contribution in [2.45, 2.75) is 38.8 Å². The molecule has 2 aromatic rings. The summed E-state index contributed by atoms with van der Waals surface area (Å²) in [5.41, 5.74) is 0.906. The fraction of sp³-hybridized carbons (Fsp3) is 0.421. The average Bonchev–Trinajstić information content (AvgIpc) is 3.27. The van der Waals surface area contributed by atoms with Crippen LogP contribution in [-0.2, 0) is 28.0 Å². The molecular formula is C19H23NO5S. The van der Waals surface area contributed by atoms with Gasteiger partial charge in [-0.2, -0.15) is 8.42 Å². The molecule has 1 aliphatic carbocycles. The number of hydrogen-bond acceptors (Lipinski definition) is 5. The predicted molar refractivity (Wildman–Crippen MR) is 96.8 cm³/mol. The second kappa shape index (κ2) is 7.95. The molecule has 0 saturated heterocycles. The lowest BCUT2D eigenvalue weighted by molar-refractivity contribution is -0.136. The molecule has 1 aromatic heterocycles. The molecule has 1 saturated carbocycles. The third kappa shape index (κ3) is 5.11. The van der Waals surface area contributed by atoms with Crippen LogP contribution in [0.4, 0.5) is 0 Å². The highest BCUT2D eigenvalue weighted by Crippen LogP contribution is 2.28. The molecule has 0 spiro atoms. The van der Waals surface area contributed by atoms with Crippen LogP contribution in [-0.4, -0.2) is 25.5 Å². The Hall–Kier alpha value is -2.28. The Morgan fingerprint density at radius 1 is 1.15 bits per heavy atom. The van der Waals surface area contributed by atoms with Crippen LogP contribution in [0.1, 0.15) is 37.0 Å². The van der Waals surface area contributed by atoms with Crippen molar-refractivity contribution >= 4 is 16.0 Å². The van der Waals surface area contributed by atoms with Crippen molar-refractivity contribution in [3.05, 3.63) is 54.0 Å². The van der Waals surface area contributed by atoms with E-state index < -0.39 is 10.1 Å². The van der Waals surface area contributed by atoms with E-state index in [1.165, 1.54) is 0 Å². The molecule has 0 bridgehead atoms. The Morgan fingerprint density at radius 3 is 2.42 bits per heavy atom. The first-order chi connectivity index (χ1) is 12.4. The van der Waals surface area contributed by atoms with Crippen LogP contribution in [0.3, 0.4) is 0 Å². The molecule has 0 radical (unpaired) electrons. The molecule has 140 valence electrons. The second-order valence-corrected chi connectivity index (χ2v) is 8.26. The molecule has 1 aliphatic rings. The van der Waals surface area contributed by atoms with E-state index in [9.17, 15) is 13.2 Å². The Bertz CT molecular complexity index is 821. The van der Waals surface area contributed by atoms with Crippen LogP contribution in [0.2, 0.25) is 0 Å². The van der Waals surface area contributed by atoms with E-state index in [1.54, 1.807) is 35.4 Å². The zero-order valence-electron chi connectivity index (χ0n) is 14.8. The van der Waals surface area contributed by atoms with Gasteiger partial charge >= 0.3 is 10.1 Å². The van der Waals surface area contributed by atoms with Crippen molar-refractivity contribution in [2.24, 2.45) is 5.92 Å². The average molecular weight is 377 g/mol. The van der Waals surface area contributed by atoms with Gasteiger partial charge in [0.15, 0.2) is 0 Å². The van der Waals surface area contributed by atoms with Crippen LogP contribution >= 0.6 is 0 Å². The van der Waals surface area contributed by atoms with Gasteiger partial charge in [-0.15, -0.1) is 0 Å². The third-order valence-electron chi connectivity index (χ3n) is 4.49. The molecule has 1 aromatic carbocycles. The third-order valence-corrected chi connectivity index (χ3v) is 4.98. The van der Waals surface area contributed by atoms with Crippen molar-refractivity contribution in [2.75, 3.05) is 6.26 Å². The van der Waals surface area contributed by atoms with Crippen LogP contribution in [0.25, 0.3) is 0 Å². The lowest BCUT2D eigenvalue weighted by Crippen LogP contribution is -2.34. The molecule has 1 heterocycles. The fourth-order valence-electron chi connectivity index (χ4n) is 3.28. The first kappa shape index (κ1) is 18.5. The smallest absolute Gasteiger partial charge is 0.306 e. The van der Waals surface area contributed by atoms with Crippen LogP contribution < -0.4 is 4.18 Å². The minimum Gasteiger partial charge on any atom is -0.467 e. The molecule has 0 N–H and O–H groups in total. The number of nitrogens with zero attached hydrogens (tertiary/aromatic N) is 1. The van der Waals surface area contributed by atoms with E-state index in [2.05, 4.69) is 0 Å². The van der Waals surface area contributed by atoms with E-state index in [0.29, 0.717) is 13.1 Å². The highest BCUT2D eigenvalue weighted by molar-refractivity contribution is 7.86. The van der Waals surface area contributed by atoms with Crippen molar-refractivity contribution in [1.29, 1.82) is 0 Å². The maximum absolute atomic E-state index is 12.9. The zero-order valence-corrected chi connectivity index (χ0v) is 15.6. The van der Waals surface area contributed by atoms with Crippen LogP contribution in [0.5, 0.6) is 5.75 Å². The van der Waals surface area contributed by atoms with Crippen molar-refractivity contribution in [1.82, 2.24) is 4.90 Å². The summed E-state index contributed by atoms with van der Waals surface area (Å²) >= 11 is 0. The van der Waals surface area contributed by atoms with E-state index >= 15 is 0 Å². The number of carbonyl (C=O) groups excluding carboxylic acids is 1. The van der Waals surface area contributed by atoms with Gasteiger partial charge < -0.3 is 13.5 Å². The summed E-state index contributed by atoms with van der Waals surface area (Å²) in [7, 11) is -3.55. The first-order valence-electron chi connectivity index (χ1n) is 8.70.